The van der Waals surface area contributed by atoms with Crippen molar-refractivity contribution in [3.63, 3.8) is 0 Å². The Hall–Kier alpha value is -3.11. The van der Waals surface area contributed by atoms with Gasteiger partial charge in [0.2, 0.25) is 15.9 Å². The molecule has 0 aliphatic carbocycles. The van der Waals surface area contributed by atoms with Crippen LogP contribution in [0.1, 0.15) is 23.2 Å². The van der Waals surface area contributed by atoms with Crippen LogP contribution in [-0.4, -0.2) is 41.8 Å². The van der Waals surface area contributed by atoms with E-state index in [0.29, 0.717) is 18.6 Å². The first-order valence-corrected chi connectivity index (χ1v) is 10.4. The molecule has 150 valence electrons. The molecule has 0 bridgehead atoms. The number of benzene rings is 2. The standard InChI is InChI=1S/C19H17FN4O4S/c20-13-6-7-16-15(11-13)17(19(26)21-16)22-23-18(25)12-4-3-5-14(10-12)29(27,28)24-8-1-2-9-24/h3-7,10-11,21,26H,1-2,8-9H2. The zero-order valence-electron chi connectivity index (χ0n) is 15.2. The zero-order valence-corrected chi connectivity index (χ0v) is 16.0. The Morgan fingerprint density at radius 3 is 2.66 bits per heavy atom. The van der Waals surface area contributed by atoms with Gasteiger partial charge in [-0.05, 0) is 49.2 Å². The van der Waals surface area contributed by atoms with Crippen LogP contribution in [-0.2, 0) is 10.0 Å². The third-order valence-corrected chi connectivity index (χ3v) is 6.63. The molecule has 4 rings (SSSR count). The summed E-state index contributed by atoms with van der Waals surface area (Å²) in [5.74, 6) is -1.67. The summed E-state index contributed by atoms with van der Waals surface area (Å²) in [7, 11) is -3.67. The number of amides is 1. The molecule has 10 heteroatoms. The Kier molecular flexibility index (Phi) is 4.89. The predicted molar refractivity (Wildman–Crippen MR) is 103 cm³/mol. The van der Waals surface area contributed by atoms with E-state index in [1.807, 2.05) is 0 Å². The summed E-state index contributed by atoms with van der Waals surface area (Å²) in [6.45, 7) is 0.910. The number of nitrogens with one attached hydrogen (secondary N) is 1. The molecule has 2 heterocycles. The molecule has 1 saturated heterocycles. The Bertz CT molecular complexity index is 1230. The number of fused-ring (bicyclic) bond motifs is 1. The van der Waals surface area contributed by atoms with Crippen LogP contribution in [0.4, 0.5) is 10.1 Å². The molecule has 0 spiro atoms. The highest BCUT2D eigenvalue weighted by Gasteiger charge is 2.27. The first-order valence-electron chi connectivity index (χ1n) is 8.93. The highest BCUT2D eigenvalue weighted by molar-refractivity contribution is 7.89. The molecular formula is C19H17FN4O4S. The van der Waals surface area contributed by atoms with Gasteiger partial charge in [0.05, 0.1) is 10.4 Å². The maximum absolute atomic E-state index is 13.5. The number of azo groups is 1. The third kappa shape index (κ3) is 3.64. The van der Waals surface area contributed by atoms with Crippen LogP contribution in [0.15, 0.2) is 57.6 Å². The normalized spacial score (nSPS) is 15.5. The van der Waals surface area contributed by atoms with Crippen molar-refractivity contribution in [2.45, 2.75) is 17.7 Å². The van der Waals surface area contributed by atoms with Crippen LogP contribution in [0, 0.1) is 5.82 Å². The molecule has 0 unspecified atom stereocenters. The van der Waals surface area contributed by atoms with Crippen molar-refractivity contribution >= 4 is 32.5 Å². The molecule has 0 saturated carbocycles. The maximum atomic E-state index is 13.5. The second-order valence-electron chi connectivity index (χ2n) is 6.66. The van der Waals surface area contributed by atoms with Gasteiger partial charge in [0.25, 0.3) is 5.91 Å². The first-order chi connectivity index (χ1) is 13.9. The van der Waals surface area contributed by atoms with Crippen LogP contribution < -0.4 is 0 Å². The van der Waals surface area contributed by atoms with Crippen molar-refractivity contribution < 1.29 is 22.7 Å². The summed E-state index contributed by atoms with van der Waals surface area (Å²) in [5.41, 5.74) is 0.400. The van der Waals surface area contributed by atoms with Gasteiger partial charge in [0, 0.05) is 24.0 Å². The average Bonchev–Trinajstić information content (AvgIpc) is 3.34. The minimum Gasteiger partial charge on any atom is -0.493 e. The number of hydrogen-bond donors (Lipinski definition) is 2. The highest BCUT2D eigenvalue weighted by atomic mass is 32.2. The van der Waals surface area contributed by atoms with Crippen LogP contribution >= 0.6 is 0 Å². The number of H-pyrrole nitrogens is 1. The summed E-state index contributed by atoms with van der Waals surface area (Å²) in [5, 5.41) is 17.5. The van der Waals surface area contributed by atoms with Crippen molar-refractivity contribution in [2.75, 3.05) is 13.1 Å². The van der Waals surface area contributed by atoms with Gasteiger partial charge in [-0.25, -0.2) is 12.8 Å². The average molecular weight is 416 g/mol. The minimum absolute atomic E-state index is 0.0115. The molecule has 2 N–H and O–H groups in total. The van der Waals surface area contributed by atoms with E-state index < -0.39 is 21.7 Å². The summed E-state index contributed by atoms with van der Waals surface area (Å²) < 4.78 is 40.2. The SMILES string of the molecule is O=C(N=Nc1c(O)[nH]c2ccc(F)cc12)c1cccc(S(=O)(=O)N2CCCC2)c1. The fraction of sp³-hybridized carbons (Fsp3) is 0.211. The van der Waals surface area contributed by atoms with E-state index in [1.165, 1.54) is 40.7 Å². The van der Waals surface area contributed by atoms with Crippen LogP contribution in [0.25, 0.3) is 10.9 Å². The number of rotatable bonds is 4. The predicted octanol–water partition coefficient (Wildman–Crippen LogP) is 3.72. The van der Waals surface area contributed by atoms with E-state index in [2.05, 4.69) is 15.2 Å². The van der Waals surface area contributed by atoms with Crippen LogP contribution in [0.2, 0.25) is 0 Å². The number of carbonyl (C=O) groups is 1. The number of hydrogen-bond acceptors (Lipinski definition) is 5. The largest absolute Gasteiger partial charge is 0.493 e. The molecule has 1 aromatic heterocycles. The first kappa shape index (κ1) is 19.2. The number of nitrogens with zero attached hydrogens (tertiary/aromatic N) is 3. The van der Waals surface area contributed by atoms with Gasteiger partial charge in [-0.3, -0.25) is 4.79 Å². The molecule has 8 nitrogen and oxygen atoms in total. The summed E-state index contributed by atoms with van der Waals surface area (Å²) in [6, 6.07) is 9.38. The van der Waals surface area contributed by atoms with E-state index in [0.717, 1.165) is 18.9 Å². The van der Waals surface area contributed by atoms with Gasteiger partial charge in [-0.2, -0.15) is 4.31 Å². The molecule has 29 heavy (non-hydrogen) atoms. The van der Waals surface area contributed by atoms with E-state index in [9.17, 15) is 22.7 Å². The van der Waals surface area contributed by atoms with Crippen LogP contribution in [0.3, 0.4) is 0 Å². The zero-order chi connectivity index (χ0) is 20.6. The van der Waals surface area contributed by atoms with E-state index >= 15 is 0 Å². The fourth-order valence-electron chi connectivity index (χ4n) is 3.26. The fourth-order valence-corrected chi connectivity index (χ4v) is 4.82. The Labute approximate surface area is 165 Å². The van der Waals surface area contributed by atoms with Gasteiger partial charge in [0.1, 0.15) is 5.82 Å². The third-order valence-electron chi connectivity index (χ3n) is 4.74. The molecule has 1 amide bonds. The topological polar surface area (TPSA) is 115 Å². The molecule has 1 fully saturated rings. The molecular weight excluding hydrogens is 399 g/mol. The Balaban J connectivity index is 1.63. The molecule has 1 aliphatic rings. The van der Waals surface area contributed by atoms with Gasteiger partial charge in [-0.1, -0.05) is 6.07 Å². The van der Waals surface area contributed by atoms with E-state index in [-0.39, 0.29) is 27.4 Å². The number of aromatic nitrogens is 1. The number of aromatic amines is 1. The monoisotopic (exact) mass is 416 g/mol. The van der Waals surface area contributed by atoms with Crippen LogP contribution in [0.5, 0.6) is 5.88 Å². The summed E-state index contributed by atoms with van der Waals surface area (Å²) in [4.78, 5) is 15.0. The van der Waals surface area contributed by atoms with E-state index in [4.69, 9.17) is 0 Å². The number of sulfonamides is 1. The molecule has 1 aliphatic heterocycles. The Morgan fingerprint density at radius 1 is 1.14 bits per heavy atom. The molecule has 0 atom stereocenters. The second-order valence-corrected chi connectivity index (χ2v) is 8.59. The number of halogens is 1. The molecule has 0 radical (unpaired) electrons. The lowest BCUT2D eigenvalue weighted by molar-refractivity contribution is 0.0995. The Morgan fingerprint density at radius 2 is 1.90 bits per heavy atom. The van der Waals surface area contributed by atoms with Gasteiger partial charge in [0.15, 0.2) is 5.69 Å². The summed E-state index contributed by atoms with van der Waals surface area (Å²) in [6.07, 6.45) is 1.61. The van der Waals surface area contributed by atoms with Gasteiger partial charge < -0.3 is 10.1 Å². The van der Waals surface area contributed by atoms with E-state index in [1.54, 1.807) is 0 Å². The quantitative estimate of drug-likeness (QED) is 0.631. The minimum atomic E-state index is -3.67. The number of aromatic hydroxyl groups is 1. The van der Waals surface area contributed by atoms with Gasteiger partial charge >= 0.3 is 0 Å². The lowest BCUT2D eigenvalue weighted by Gasteiger charge is -2.15. The maximum Gasteiger partial charge on any atom is 0.295 e. The number of carbonyl (C=O) groups excluding carboxylic acids is 1. The van der Waals surface area contributed by atoms with Gasteiger partial charge in [-0.15, -0.1) is 10.2 Å². The lowest BCUT2D eigenvalue weighted by atomic mass is 10.2. The van der Waals surface area contributed by atoms with Crippen molar-refractivity contribution in [3.05, 3.63) is 53.8 Å². The summed E-state index contributed by atoms with van der Waals surface area (Å²) >= 11 is 0. The van der Waals surface area contributed by atoms with Crippen molar-refractivity contribution in [1.29, 1.82) is 0 Å². The smallest absolute Gasteiger partial charge is 0.295 e. The highest BCUT2D eigenvalue weighted by Crippen LogP contribution is 2.36. The molecule has 2 aromatic carbocycles. The van der Waals surface area contributed by atoms with Crippen molar-refractivity contribution in [3.8, 4) is 5.88 Å². The van der Waals surface area contributed by atoms with Crippen molar-refractivity contribution in [1.82, 2.24) is 9.29 Å². The lowest BCUT2D eigenvalue weighted by Crippen LogP contribution is -2.27. The van der Waals surface area contributed by atoms with Crippen molar-refractivity contribution in [2.24, 2.45) is 10.2 Å². The second kappa shape index (κ2) is 7.37. The molecule has 3 aromatic rings.